The van der Waals surface area contributed by atoms with Crippen molar-refractivity contribution in [1.82, 2.24) is 15.2 Å². The second-order valence-corrected chi connectivity index (χ2v) is 6.73. The first-order chi connectivity index (χ1) is 13.2. The Labute approximate surface area is 158 Å². The summed E-state index contributed by atoms with van der Waals surface area (Å²) in [5.41, 5.74) is 3.94. The number of hydrogen-bond donors (Lipinski definition) is 2. The number of aromatic amines is 1. The molecule has 3 aromatic rings. The number of carbonyl (C=O) groups excluding carboxylic acids is 1. The molecule has 0 saturated carbocycles. The van der Waals surface area contributed by atoms with E-state index < -0.39 is 0 Å². The van der Waals surface area contributed by atoms with Crippen LogP contribution in [-0.2, 0) is 17.6 Å². The number of anilines is 1. The highest BCUT2D eigenvalue weighted by molar-refractivity contribution is 5.96. The zero-order valence-corrected chi connectivity index (χ0v) is 15.2. The number of hydrogen-bond acceptors (Lipinski definition) is 4. The SMILES string of the molecule is CCc1cccc(Oc2ccc(NC(=O)C3CCCc4[nH]ncc43)cn2)c1. The summed E-state index contributed by atoms with van der Waals surface area (Å²) in [4.78, 5) is 17.0. The van der Waals surface area contributed by atoms with Gasteiger partial charge in [0.1, 0.15) is 5.75 Å². The van der Waals surface area contributed by atoms with E-state index in [1.807, 2.05) is 24.3 Å². The molecule has 1 atom stereocenters. The highest BCUT2D eigenvalue weighted by Gasteiger charge is 2.28. The van der Waals surface area contributed by atoms with Gasteiger partial charge in [0.05, 0.1) is 24.0 Å². The first kappa shape index (κ1) is 17.3. The Bertz CT molecular complexity index is 933. The van der Waals surface area contributed by atoms with Gasteiger partial charge in [-0.2, -0.15) is 5.10 Å². The fraction of sp³-hybridized carbons (Fsp3) is 0.286. The number of pyridine rings is 1. The zero-order chi connectivity index (χ0) is 18.6. The van der Waals surface area contributed by atoms with Crippen LogP contribution in [0.5, 0.6) is 11.6 Å². The highest BCUT2D eigenvalue weighted by atomic mass is 16.5. The third-order valence-corrected chi connectivity index (χ3v) is 4.90. The third kappa shape index (κ3) is 3.84. The Balaban J connectivity index is 1.41. The Morgan fingerprint density at radius 1 is 1.30 bits per heavy atom. The van der Waals surface area contributed by atoms with Crippen LogP contribution in [0.3, 0.4) is 0 Å². The molecule has 0 saturated heterocycles. The molecule has 2 N–H and O–H groups in total. The van der Waals surface area contributed by atoms with Crippen LogP contribution in [0, 0.1) is 0 Å². The number of ether oxygens (including phenoxy) is 1. The number of amides is 1. The van der Waals surface area contributed by atoms with E-state index in [1.165, 1.54) is 5.56 Å². The summed E-state index contributed by atoms with van der Waals surface area (Å²) in [5.74, 6) is 1.06. The van der Waals surface area contributed by atoms with E-state index in [0.29, 0.717) is 11.6 Å². The largest absolute Gasteiger partial charge is 0.439 e. The second kappa shape index (κ2) is 7.61. The van der Waals surface area contributed by atoms with Gasteiger partial charge < -0.3 is 10.1 Å². The molecular weight excluding hydrogens is 340 g/mol. The van der Waals surface area contributed by atoms with Crippen LogP contribution in [0.25, 0.3) is 0 Å². The van der Waals surface area contributed by atoms with Gasteiger partial charge in [-0.3, -0.25) is 9.89 Å². The second-order valence-electron chi connectivity index (χ2n) is 6.73. The lowest BCUT2D eigenvalue weighted by atomic mass is 9.86. The number of nitrogens with zero attached hydrogens (tertiary/aromatic N) is 2. The van der Waals surface area contributed by atoms with Gasteiger partial charge in [0.15, 0.2) is 0 Å². The minimum atomic E-state index is -0.166. The Hall–Kier alpha value is -3.15. The van der Waals surface area contributed by atoms with Crippen molar-refractivity contribution in [2.45, 2.75) is 38.5 Å². The van der Waals surface area contributed by atoms with Crippen molar-refractivity contribution in [2.24, 2.45) is 0 Å². The van der Waals surface area contributed by atoms with Crippen molar-refractivity contribution in [1.29, 1.82) is 0 Å². The van der Waals surface area contributed by atoms with Gasteiger partial charge in [0.25, 0.3) is 0 Å². The van der Waals surface area contributed by atoms with E-state index >= 15 is 0 Å². The average molecular weight is 362 g/mol. The number of aryl methyl sites for hydroxylation is 2. The number of aromatic nitrogens is 3. The van der Waals surface area contributed by atoms with Gasteiger partial charge in [0, 0.05) is 17.3 Å². The molecule has 0 bridgehead atoms. The van der Waals surface area contributed by atoms with Crippen LogP contribution >= 0.6 is 0 Å². The summed E-state index contributed by atoms with van der Waals surface area (Å²) >= 11 is 0. The van der Waals surface area contributed by atoms with Crippen molar-refractivity contribution < 1.29 is 9.53 Å². The molecule has 4 rings (SSSR count). The Kier molecular flexibility index (Phi) is 4.87. The molecule has 1 aliphatic carbocycles. The average Bonchev–Trinajstić information content (AvgIpc) is 3.18. The maximum atomic E-state index is 12.7. The number of rotatable bonds is 5. The standard InChI is InChI=1S/C21H22N4O2/c1-2-14-5-3-6-16(11-14)27-20-10-9-15(12-22-20)24-21(26)17-7-4-8-19-18(17)13-23-25-19/h3,5-6,9-13,17H,2,4,7-8H2,1H3,(H,23,25)(H,24,26). The fourth-order valence-corrected chi connectivity index (χ4v) is 3.43. The highest BCUT2D eigenvalue weighted by Crippen LogP contribution is 2.31. The Morgan fingerprint density at radius 3 is 3.04 bits per heavy atom. The Morgan fingerprint density at radius 2 is 2.22 bits per heavy atom. The summed E-state index contributed by atoms with van der Waals surface area (Å²) in [6.45, 7) is 2.10. The van der Waals surface area contributed by atoms with Gasteiger partial charge in [-0.1, -0.05) is 19.1 Å². The summed E-state index contributed by atoms with van der Waals surface area (Å²) in [6, 6.07) is 11.5. The first-order valence-electron chi connectivity index (χ1n) is 9.29. The summed E-state index contributed by atoms with van der Waals surface area (Å²) in [5, 5.41) is 10.0. The maximum Gasteiger partial charge on any atom is 0.232 e. The molecule has 0 aliphatic heterocycles. The van der Waals surface area contributed by atoms with Crippen molar-refractivity contribution >= 4 is 11.6 Å². The predicted molar refractivity (Wildman–Crippen MR) is 103 cm³/mol. The molecule has 0 fully saturated rings. The topological polar surface area (TPSA) is 79.9 Å². The van der Waals surface area contributed by atoms with E-state index in [1.54, 1.807) is 18.5 Å². The summed E-state index contributed by atoms with van der Waals surface area (Å²) in [7, 11) is 0. The maximum absolute atomic E-state index is 12.7. The van der Waals surface area contributed by atoms with E-state index in [2.05, 4.69) is 33.5 Å². The normalized spacial score (nSPS) is 15.8. The molecule has 27 heavy (non-hydrogen) atoms. The molecule has 6 heteroatoms. The van der Waals surface area contributed by atoms with Crippen molar-refractivity contribution in [3.8, 4) is 11.6 Å². The van der Waals surface area contributed by atoms with Crippen molar-refractivity contribution in [2.75, 3.05) is 5.32 Å². The van der Waals surface area contributed by atoms with Crippen LogP contribution in [0.15, 0.2) is 48.8 Å². The lowest BCUT2D eigenvalue weighted by molar-refractivity contribution is -0.117. The molecular formula is C21H22N4O2. The van der Waals surface area contributed by atoms with Crippen LogP contribution in [-0.4, -0.2) is 21.1 Å². The van der Waals surface area contributed by atoms with Gasteiger partial charge in [-0.25, -0.2) is 4.98 Å². The first-order valence-corrected chi connectivity index (χ1v) is 9.29. The van der Waals surface area contributed by atoms with Gasteiger partial charge in [-0.15, -0.1) is 0 Å². The van der Waals surface area contributed by atoms with E-state index in [9.17, 15) is 4.79 Å². The lowest BCUT2D eigenvalue weighted by Crippen LogP contribution is -2.24. The molecule has 2 heterocycles. The number of benzene rings is 1. The molecule has 1 aliphatic rings. The minimum absolute atomic E-state index is 0.0246. The monoisotopic (exact) mass is 362 g/mol. The summed E-state index contributed by atoms with van der Waals surface area (Å²) in [6.07, 6.45) is 7.10. The zero-order valence-electron chi connectivity index (χ0n) is 15.2. The predicted octanol–water partition coefficient (Wildman–Crippen LogP) is 4.22. The fourth-order valence-electron chi connectivity index (χ4n) is 3.43. The number of nitrogens with one attached hydrogen (secondary N) is 2. The van der Waals surface area contributed by atoms with E-state index in [0.717, 1.165) is 42.7 Å². The van der Waals surface area contributed by atoms with E-state index in [4.69, 9.17) is 4.74 Å². The van der Waals surface area contributed by atoms with Crippen molar-refractivity contribution in [3.63, 3.8) is 0 Å². The molecule has 0 spiro atoms. The molecule has 1 unspecified atom stereocenters. The number of fused-ring (bicyclic) bond motifs is 1. The number of carbonyl (C=O) groups is 1. The van der Waals surface area contributed by atoms with Crippen molar-refractivity contribution in [3.05, 3.63) is 65.6 Å². The minimum Gasteiger partial charge on any atom is -0.439 e. The molecule has 138 valence electrons. The van der Waals surface area contributed by atoms with E-state index in [-0.39, 0.29) is 11.8 Å². The quantitative estimate of drug-likeness (QED) is 0.712. The molecule has 6 nitrogen and oxygen atoms in total. The van der Waals surface area contributed by atoms with Crippen LogP contribution in [0.2, 0.25) is 0 Å². The third-order valence-electron chi connectivity index (χ3n) is 4.90. The smallest absolute Gasteiger partial charge is 0.232 e. The van der Waals surface area contributed by atoms with Crippen LogP contribution in [0.4, 0.5) is 5.69 Å². The molecule has 1 amide bonds. The van der Waals surface area contributed by atoms with Crippen LogP contribution < -0.4 is 10.1 Å². The van der Waals surface area contributed by atoms with Gasteiger partial charge in [-0.05, 0) is 49.4 Å². The lowest BCUT2D eigenvalue weighted by Gasteiger charge is -2.21. The number of H-pyrrole nitrogens is 1. The van der Waals surface area contributed by atoms with Gasteiger partial charge in [0.2, 0.25) is 11.8 Å². The summed E-state index contributed by atoms with van der Waals surface area (Å²) < 4.78 is 5.80. The molecule has 0 radical (unpaired) electrons. The molecule has 1 aromatic carbocycles. The molecule has 2 aromatic heterocycles. The van der Waals surface area contributed by atoms with Crippen LogP contribution in [0.1, 0.15) is 42.5 Å². The van der Waals surface area contributed by atoms with Gasteiger partial charge >= 0.3 is 0 Å².